The van der Waals surface area contributed by atoms with Crippen LogP contribution < -0.4 is 11.1 Å². The van der Waals surface area contributed by atoms with E-state index < -0.39 is 0 Å². The smallest absolute Gasteiger partial charge is 0.314 e. The van der Waals surface area contributed by atoms with E-state index in [1.807, 2.05) is 0 Å². The van der Waals surface area contributed by atoms with Crippen LogP contribution in [0.2, 0.25) is 0 Å². The lowest BCUT2D eigenvalue weighted by Crippen LogP contribution is -2.39. The van der Waals surface area contributed by atoms with Gasteiger partial charge < -0.3 is 16.0 Å². The zero-order chi connectivity index (χ0) is 16.6. The molecule has 2 fully saturated rings. The number of carbonyl (C=O) groups is 2. The lowest BCUT2D eigenvalue weighted by Gasteiger charge is -2.19. The second-order valence-electron chi connectivity index (χ2n) is 7.11. The van der Waals surface area contributed by atoms with Crippen molar-refractivity contribution in [2.45, 2.75) is 38.5 Å². The molecule has 0 bridgehead atoms. The minimum atomic E-state index is -0.368. The van der Waals surface area contributed by atoms with Crippen LogP contribution in [0.5, 0.6) is 0 Å². The molecule has 1 aliphatic carbocycles. The van der Waals surface area contributed by atoms with Gasteiger partial charge >= 0.3 is 6.03 Å². The van der Waals surface area contributed by atoms with Crippen molar-refractivity contribution in [1.82, 2.24) is 10.2 Å². The number of nitrogens with two attached hydrogens (primary N) is 1. The molecule has 2 aliphatic rings. The number of nitrogens with one attached hydrogen (secondary N) is 1. The molecule has 23 heavy (non-hydrogen) atoms. The first-order chi connectivity index (χ1) is 10.9. The van der Waals surface area contributed by atoms with Crippen molar-refractivity contribution >= 4 is 11.9 Å². The van der Waals surface area contributed by atoms with Crippen molar-refractivity contribution in [3.63, 3.8) is 0 Å². The highest BCUT2D eigenvalue weighted by atomic mass is 16.2. The maximum absolute atomic E-state index is 12.7. The molecule has 5 heteroatoms. The normalized spacial score (nSPS) is 22.0. The quantitative estimate of drug-likeness (QED) is 0.890. The summed E-state index contributed by atoms with van der Waals surface area (Å²) in [4.78, 5) is 25.5. The molecule has 1 aromatic rings. The van der Waals surface area contributed by atoms with Gasteiger partial charge in [0.05, 0.1) is 5.41 Å². The van der Waals surface area contributed by atoms with E-state index in [2.05, 4.69) is 37.4 Å². The summed E-state index contributed by atoms with van der Waals surface area (Å²) in [5.74, 6) is 0.432. The average molecular weight is 315 g/mol. The van der Waals surface area contributed by atoms with Crippen molar-refractivity contribution in [3.8, 4) is 0 Å². The molecule has 0 radical (unpaired) electrons. The van der Waals surface area contributed by atoms with E-state index >= 15 is 0 Å². The molecule has 3 amide bonds. The van der Waals surface area contributed by atoms with Gasteiger partial charge in [0.25, 0.3) is 0 Å². The number of amides is 3. The van der Waals surface area contributed by atoms with Crippen LogP contribution >= 0.6 is 0 Å². The van der Waals surface area contributed by atoms with Crippen LogP contribution in [-0.2, 0) is 10.2 Å². The third kappa shape index (κ3) is 3.19. The van der Waals surface area contributed by atoms with Crippen LogP contribution in [-0.4, -0.2) is 36.5 Å². The average Bonchev–Trinajstić information content (AvgIpc) is 3.16. The summed E-state index contributed by atoms with van der Waals surface area (Å²) in [5.41, 5.74) is 8.50. The number of nitrogens with zero attached hydrogens (tertiary/aromatic N) is 1. The minimum absolute atomic E-state index is 0.125. The summed E-state index contributed by atoms with van der Waals surface area (Å²) in [6.07, 6.45) is 2.74. The molecule has 1 saturated carbocycles. The Kier molecular flexibility index (Phi) is 4.04. The predicted molar refractivity (Wildman–Crippen MR) is 89.1 cm³/mol. The highest BCUT2D eigenvalue weighted by Crippen LogP contribution is 2.48. The van der Waals surface area contributed by atoms with Crippen molar-refractivity contribution in [3.05, 3.63) is 34.9 Å². The largest absolute Gasteiger partial charge is 0.355 e. The Labute approximate surface area is 137 Å². The summed E-state index contributed by atoms with van der Waals surface area (Å²) in [6, 6.07) is 6.02. The van der Waals surface area contributed by atoms with Crippen molar-refractivity contribution in [2.75, 3.05) is 19.6 Å². The Morgan fingerprint density at radius 1 is 1.26 bits per heavy atom. The maximum Gasteiger partial charge on any atom is 0.314 e. The Hall–Kier alpha value is -2.04. The van der Waals surface area contributed by atoms with E-state index in [0.717, 1.165) is 24.8 Å². The monoisotopic (exact) mass is 315 g/mol. The van der Waals surface area contributed by atoms with E-state index in [4.69, 9.17) is 5.73 Å². The van der Waals surface area contributed by atoms with Gasteiger partial charge in [0, 0.05) is 19.6 Å². The number of urea groups is 1. The fraction of sp³-hybridized carbons (Fsp3) is 0.556. The molecule has 1 aliphatic heterocycles. The number of hydrogen-bond acceptors (Lipinski definition) is 2. The standard InChI is InChI=1S/C18H25N3O2/c1-12-7-13(2)9-15(8-12)18(4-5-18)16(22)20-10-14-3-6-21(11-14)17(19)23/h7-9,14H,3-6,10-11H2,1-2H3,(H2,19,23)(H,20,22). The van der Waals surface area contributed by atoms with Crippen LogP contribution in [0, 0.1) is 19.8 Å². The Morgan fingerprint density at radius 3 is 2.43 bits per heavy atom. The molecule has 1 atom stereocenters. The van der Waals surface area contributed by atoms with Gasteiger partial charge in [0.1, 0.15) is 0 Å². The van der Waals surface area contributed by atoms with Crippen LogP contribution in [0.3, 0.4) is 0 Å². The van der Waals surface area contributed by atoms with Gasteiger partial charge in [-0.1, -0.05) is 29.3 Å². The lowest BCUT2D eigenvalue weighted by atomic mass is 9.92. The first-order valence-electron chi connectivity index (χ1n) is 8.32. The molecule has 1 unspecified atom stereocenters. The fourth-order valence-corrected chi connectivity index (χ4v) is 3.63. The van der Waals surface area contributed by atoms with Gasteiger partial charge in [0.15, 0.2) is 0 Å². The second kappa shape index (κ2) is 5.87. The Bertz CT molecular complexity index is 617. The van der Waals surface area contributed by atoms with Crippen LogP contribution in [0.4, 0.5) is 4.79 Å². The molecule has 1 saturated heterocycles. The summed E-state index contributed by atoms with van der Waals surface area (Å²) in [7, 11) is 0. The highest BCUT2D eigenvalue weighted by Gasteiger charge is 2.51. The summed E-state index contributed by atoms with van der Waals surface area (Å²) in [6.45, 7) is 6.10. The topological polar surface area (TPSA) is 75.4 Å². The van der Waals surface area contributed by atoms with Crippen molar-refractivity contribution < 1.29 is 9.59 Å². The number of likely N-dealkylation sites (tertiary alicyclic amines) is 1. The summed E-state index contributed by atoms with van der Waals surface area (Å²) in [5, 5.41) is 3.11. The van der Waals surface area contributed by atoms with Crippen LogP contribution in [0.15, 0.2) is 18.2 Å². The second-order valence-corrected chi connectivity index (χ2v) is 7.11. The molecule has 1 aromatic carbocycles. The highest BCUT2D eigenvalue weighted by molar-refractivity contribution is 5.91. The van der Waals surface area contributed by atoms with Gasteiger partial charge in [-0.2, -0.15) is 0 Å². The lowest BCUT2D eigenvalue weighted by molar-refractivity contribution is -0.123. The van der Waals surface area contributed by atoms with E-state index in [0.29, 0.717) is 25.6 Å². The van der Waals surface area contributed by atoms with E-state index in [9.17, 15) is 9.59 Å². The Balaban J connectivity index is 1.61. The zero-order valence-corrected chi connectivity index (χ0v) is 13.9. The Morgan fingerprint density at radius 2 is 1.91 bits per heavy atom. The number of aryl methyl sites for hydroxylation is 2. The molecular weight excluding hydrogens is 290 g/mol. The third-order valence-electron chi connectivity index (χ3n) is 5.11. The first kappa shape index (κ1) is 15.8. The first-order valence-corrected chi connectivity index (χ1v) is 8.32. The maximum atomic E-state index is 12.7. The molecular formula is C18H25N3O2. The zero-order valence-electron chi connectivity index (χ0n) is 13.9. The van der Waals surface area contributed by atoms with E-state index in [-0.39, 0.29) is 17.4 Å². The van der Waals surface area contributed by atoms with Crippen LogP contribution in [0.1, 0.15) is 36.0 Å². The molecule has 124 valence electrons. The summed E-state index contributed by atoms with van der Waals surface area (Å²) < 4.78 is 0. The number of hydrogen-bond donors (Lipinski definition) is 2. The van der Waals surface area contributed by atoms with Crippen molar-refractivity contribution in [2.24, 2.45) is 11.7 Å². The fourth-order valence-electron chi connectivity index (χ4n) is 3.63. The number of benzene rings is 1. The van der Waals surface area contributed by atoms with Crippen LogP contribution in [0.25, 0.3) is 0 Å². The van der Waals surface area contributed by atoms with E-state index in [1.54, 1.807) is 4.90 Å². The van der Waals surface area contributed by atoms with Gasteiger partial charge in [-0.3, -0.25) is 4.79 Å². The molecule has 1 heterocycles. The van der Waals surface area contributed by atoms with Gasteiger partial charge in [-0.25, -0.2) is 4.79 Å². The van der Waals surface area contributed by atoms with Gasteiger partial charge in [0.2, 0.25) is 5.91 Å². The van der Waals surface area contributed by atoms with Gasteiger partial charge in [-0.15, -0.1) is 0 Å². The molecule has 3 rings (SSSR count). The predicted octanol–water partition coefficient (Wildman–Crippen LogP) is 1.85. The number of carbonyl (C=O) groups excluding carboxylic acids is 2. The summed E-state index contributed by atoms with van der Waals surface area (Å²) >= 11 is 0. The molecule has 3 N–H and O–H groups in total. The molecule has 5 nitrogen and oxygen atoms in total. The molecule has 0 aromatic heterocycles. The van der Waals surface area contributed by atoms with E-state index in [1.165, 1.54) is 11.1 Å². The van der Waals surface area contributed by atoms with Gasteiger partial charge in [-0.05, 0) is 44.6 Å². The number of primary amides is 1. The minimum Gasteiger partial charge on any atom is -0.355 e. The molecule has 0 spiro atoms. The third-order valence-corrected chi connectivity index (χ3v) is 5.11. The SMILES string of the molecule is Cc1cc(C)cc(C2(C(=O)NCC3CCN(C(N)=O)C3)CC2)c1. The number of rotatable bonds is 4. The van der Waals surface area contributed by atoms with Crippen molar-refractivity contribution in [1.29, 1.82) is 0 Å².